The average Bonchev–Trinajstić information content (AvgIpc) is 3.09. The summed E-state index contributed by atoms with van der Waals surface area (Å²) in [7, 11) is 0. The Labute approximate surface area is 154 Å². The first-order valence-corrected chi connectivity index (χ1v) is 9.93. The Balaban J connectivity index is 1.51. The summed E-state index contributed by atoms with van der Waals surface area (Å²) in [6.07, 6.45) is 5.83. The molecule has 1 spiro atoms. The average molecular weight is 360 g/mol. The number of amides is 1. The number of esters is 1. The maximum absolute atomic E-state index is 13.3. The predicted molar refractivity (Wildman–Crippen MR) is 94.4 cm³/mol. The van der Waals surface area contributed by atoms with Gasteiger partial charge in [0.2, 0.25) is 5.91 Å². The van der Waals surface area contributed by atoms with Gasteiger partial charge in [0.25, 0.3) is 0 Å². The Bertz CT molecular complexity index is 706. The van der Waals surface area contributed by atoms with Crippen LogP contribution in [0.25, 0.3) is 0 Å². The highest BCUT2D eigenvalue weighted by Crippen LogP contribution is 2.45. The van der Waals surface area contributed by atoms with Crippen molar-refractivity contribution in [1.82, 2.24) is 19.7 Å². The smallest absolute Gasteiger partial charge is 0.307 e. The molecule has 0 N–H and O–H groups in total. The van der Waals surface area contributed by atoms with Crippen molar-refractivity contribution >= 4 is 11.9 Å². The van der Waals surface area contributed by atoms with E-state index in [1.54, 1.807) is 0 Å². The third-order valence-electron chi connectivity index (χ3n) is 6.20. The van der Waals surface area contributed by atoms with E-state index in [2.05, 4.69) is 28.6 Å². The molecule has 142 valence electrons. The molecule has 0 radical (unpaired) electrons. The van der Waals surface area contributed by atoms with Gasteiger partial charge < -0.3 is 14.2 Å². The lowest BCUT2D eigenvalue weighted by Crippen LogP contribution is -2.48. The summed E-state index contributed by atoms with van der Waals surface area (Å²) >= 11 is 0. The minimum absolute atomic E-state index is 0.0857. The van der Waals surface area contributed by atoms with Crippen molar-refractivity contribution in [3.8, 4) is 0 Å². The zero-order chi connectivity index (χ0) is 18.3. The molecule has 0 bridgehead atoms. The molecule has 1 saturated heterocycles. The molecule has 3 heterocycles. The van der Waals surface area contributed by atoms with E-state index >= 15 is 0 Å². The molecule has 3 aliphatic rings. The van der Waals surface area contributed by atoms with Crippen LogP contribution in [0.15, 0.2) is 0 Å². The molecular weight excluding hydrogens is 332 g/mol. The highest BCUT2D eigenvalue weighted by atomic mass is 16.6. The Morgan fingerprint density at radius 3 is 2.65 bits per heavy atom. The van der Waals surface area contributed by atoms with Crippen molar-refractivity contribution in [2.24, 2.45) is 5.92 Å². The van der Waals surface area contributed by atoms with Crippen LogP contribution in [0.5, 0.6) is 0 Å². The zero-order valence-electron chi connectivity index (χ0n) is 15.7. The first-order valence-electron chi connectivity index (χ1n) is 9.93. The van der Waals surface area contributed by atoms with Gasteiger partial charge >= 0.3 is 5.97 Å². The summed E-state index contributed by atoms with van der Waals surface area (Å²) in [5.41, 5.74) is -0.545. The van der Waals surface area contributed by atoms with Crippen molar-refractivity contribution in [2.75, 3.05) is 13.1 Å². The third-order valence-corrected chi connectivity index (χ3v) is 6.20. The van der Waals surface area contributed by atoms with Crippen LogP contribution in [0, 0.1) is 5.92 Å². The SMILES string of the molecule is CC(C)c1nnc2n1CCN(C(=O)C1CC(=O)OC13CCCCC3)CC2. The quantitative estimate of drug-likeness (QED) is 0.755. The molecule has 2 fully saturated rings. The summed E-state index contributed by atoms with van der Waals surface area (Å²) in [5.74, 6) is 1.81. The molecule has 1 aromatic rings. The van der Waals surface area contributed by atoms with Gasteiger partial charge in [-0.3, -0.25) is 9.59 Å². The first-order chi connectivity index (χ1) is 12.5. The van der Waals surface area contributed by atoms with Crippen molar-refractivity contribution in [2.45, 2.75) is 76.9 Å². The second-order valence-electron chi connectivity index (χ2n) is 8.21. The van der Waals surface area contributed by atoms with E-state index in [1.165, 1.54) is 0 Å². The molecule has 1 saturated carbocycles. The number of aromatic nitrogens is 3. The van der Waals surface area contributed by atoms with E-state index in [0.29, 0.717) is 25.4 Å². The fourth-order valence-corrected chi connectivity index (χ4v) is 4.82. The van der Waals surface area contributed by atoms with Crippen LogP contribution in [-0.2, 0) is 27.3 Å². The third kappa shape index (κ3) is 2.91. The van der Waals surface area contributed by atoms with E-state index in [9.17, 15) is 9.59 Å². The molecule has 1 unspecified atom stereocenters. The maximum atomic E-state index is 13.3. The van der Waals surface area contributed by atoms with Gasteiger partial charge in [0.05, 0.1) is 12.3 Å². The van der Waals surface area contributed by atoms with Gasteiger partial charge in [0.15, 0.2) is 0 Å². The number of hydrogen-bond donors (Lipinski definition) is 0. The summed E-state index contributed by atoms with van der Waals surface area (Å²) in [6.45, 7) is 6.22. The van der Waals surface area contributed by atoms with Crippen molar-refractivity contribution in [3.05, 3.63) is 11.6 Å². The lowest BCUT2D eigenvalue weighted by Gasteiger charge is -2.37. The van der Waals surface area contributed by atoms with Crippen LogP contribution < -0.4 is 0 Å². The van der Waals surface area contributed by atoms with Gasteiger partial charge in [0.1, 0.15) is 17.2 Å². The summed E-state index contributed by atoms with van der Waals surface area (Å²) < 4.78 is 7.89. The Morgan fingerprint density at radius 2 is 1.92 bits per heavy atom. The fraction of sp³-hybridized carbons (Fsp3) is 0.789. The standard InChI is InChI=1S/C19H28N4O3/c1-13(2)17-21-20-15-6-9-22(10-11-23(15)17)18(25)14-12-16(24)26-19(14)7-4-3-5-8-19/h13-14H,3-12H2,1-2H3. The van der Waals surface area contributed by atoms with E-state index in [1.807, 2.05) is 4.90 Å². The van der Waals surface area contributed by atoms with E-state index in [4.69, 9.17) is 4.74 Å². The number of rotatable bonds is 2. The van der Waals surface area contributed by atoms with Crippen LogP contribution in [0.3, 0.4) is 0 Å². The monoisotopic (exact) mass is 360 g/mol. The Kier molecular flexibility index (Phi) is 4.49. The summed E-state index contributed by atoms with van der Waals surface area (Å²) in [6, 6.07) is 0. The molecule has 7 heteroatoms. The van der Waals surface area contributed by atoms with Crippen LogP contribution in [-0.4, -0.2) is 50.2 Å². The molecule has 2 aliphatic heterocycles. The number of hydrogen-bond acceptors (Lipinski definition) is 5. The summed E-state index contributed by atoms with van der Waals surface area (Å²) in [4.78, 5) is 27.3. The highest BCUT2D eigenvalue weighted by molar-refractivity contribution is 5.88. The number of fused-ring (bicyclic) bond motifs is 1. The van der Waals surface area contributed by atoms with Gasteiger partial charge in [-0.25, -0.2) is 0 Å². The van der Waals surface area contributed by atoms with Crippen LogP contribution >= 0.6 is 0 Å². The molecule has 4 rings (SSSR count). The van der Waals surface area contributed by atoms with Gasteiger partial charge in [0, 0.05) is 32.0 Å². The second-order valence-corrected chi connectivity index (χ2v) is 8.21. The topological polar surface area (TPSA) is 77.3 Å². The molecule has 1 aliphatic carbocycles. The van der Waals surface area contributed by atoms with Crippen LogP contribution in [0.2, 0.25) is 0 Å². The lowest BCUT2D eigenvalue weighted by atomic mass is 9.75. The van der Waals surface area contributed by atoms with Crippen molar-refractivity contribution in [1.29, 1.82) is 0 Å². The van der Waals surface area contributed by atoms with E-state index < -0.39 is 5.60 Å². The first kappa shape index (κ1) is 17.5. The second kappa shape index (κ2) is 6.67. The van der Waals surface area contributed by atoms with Gasteiger partial charge in [-0.05, 0) is 25.7 Å². The number of carbonyl (C=O) groups is 2. The number of ether oxygens (including phenoxy) is 1. The van der Waals surface area contributed by atoms with Crippen molar-refractivity contribution < 1.29 is 14.3 Å². The number of nitrogens with zero attached hydrogens (tertiary/aromatic N) is 4. The minimum atomic E-state index is -0.545. The largest absolute Gasteiger partial charge is 0.458 e. The zero-order valence-corrected chi connectivity index (χ0v) is 15.7. The highest BCUT2D eigenvalue weighted by Gasteiger charge is 2.53. The van der Waals surface area contributed by atoms with Crippen LogP contribution in [0.4, 0.5) is 0 Å². The minimum Gasteiger partial charge on any atom is -0.458 e. The van der Waals surface area contributed by atoms with Gasteiger partial charge in [-0.1, -0.05) is 20.3 Å². The van der Waals surface area contributed by atoms with E-state index in [-0.39, 0.29) is 24.2 Å². The molecule has 26 heavy (non-hydrogen) atoms. The molecular formula is C19H28N4O3. The fourth-order valence-electron chi connectivity index (χ4n) is 4.82. The maximum Gasteiger partial charge on any atom is 0.307 e. The molecule has 7 nitrogen and oxygen atoms in total. The normalized spacial score (nSPS) is 25.3. The van der Waals surface area contributed by atoms with Gasteiger partial charge in [-0.2, -0.15) is 0 Å². The van der Waals surface area contributed by atoms with Crippen LogP contribution in [0.1, 0.15) is 69.9 Å². The molecule has 1 amide bonds. The molecule has 0 aromatic carbocycles. The number of carbonyl (C=O) groups excluding carboxylic acids is 2. The summed E-state index contributed by atoms with van der Waals surface area (Å²) in [5, 5.41) is 8.63. The molecule has 1 atom stereocenters. The lowest BCUT2D eigenvalue weighted by molar-refractivity contribution is -0.155. The predicted octanol–water partition coefficient (Wildman–Crippen LogP) is 2.05. The van der Waals surface area contributed by atoms with Gasteiger partial charge in [-0.15, -0.1) is 10.2 Å². The Hall–Kier alpha value is -1.92. The molecule has 1 aromatic heterocycles. The Morgan fingerprint density at radius 1 is 1.15 bits per heavy atom. The van der Waals surface area contributed by atoms with Crippen molar-refractivity contribution in [3.63, 3.8) is 0 Å². The van der Waals surface area contributed by atoms with E-state index in [0.717, 1.165) is 50.3 Å².